The van der Waals surface area contributed by atoms with Crippen LogP contribution in [0.15, 0.2) is 79.0 Å². The van der Waals surface area contributed by atoms with Crippen LogP contribution in [0, 0.1) is 18.3 Å². The number of anilines is 2. The maximum atomic E-state index is 12.1. The summed E-state index contributed by atoms with van der Waals surface area (Å²) in [5, 5.41) is 13.7. The van der Waals surface area contributed by atoms with Crippen molar-refractivity contribution in [2.24, 2.45) is 7.05 Å². The first-order valence-electron chi connectivity index (χ1n) is 12.3. The molecule has 5 rings (SSSR count). The molecule has 3 N–H and O–H groups in total. The number of benzene rings is 2. The van der Waals surface area contributed by atoms with Crippen LogP contribution >= 0.6 is 11.6 Å². The molecule has 0 unspecified atom stereocenters. The highest BCUT2D eigenvalue weighted by molar-refractivity contribution is 6.34. The number of ether oxygens (including phenoxy) is 1. The molecule has 8 nitrogen and oxygen atoms in total. The Labute approximate surface area is 236 Å². The molecule has 0 saturated heterocycles. The second-order valence-corrected chi connectivity index (χ2v) is 9.76. The molecule has 9 heteroatoms. The van der Waals surface area contributed by atoms with Gasteiger partial charge >= 0.3 is 0 Å². The largest absolute Gasteiger partial charge is 0.439 e. The minimum absolute atomic E-state index is 0.289. The minimum atomic E-state index is -0.296. The van der Waals surface area contributed by atoms with E-state index in [0.717, 1.165) is 22.5 Å². The van der Waals surface area contributed by atoms with E-state index in [2.05, 4.69) is 27.9 Å². The van der Waals surface area contributed by atoms with E-state index in [-0.39, 0.29) is 11.7 Å². The third-order valence-electron chi connectivity index (χ3n) is 6.46. The Bertz CT molecular complexity index is 1850. The van der Waals surface area contributed by atoms with Gasteiger partial charge in [0.25, 0.3) is 5.91 Å². The Kier molecular flexibility index (Phi) is 6.99. The van der Waals surface area contributed by atoms with Crippen molar-refractivity contribution in [2.45, 2.75) is 13.8 Å². The highest BCUT2D eigenvalue weighted by atomic mass is 35.5. The molecule has 5 aromatic rings. The summed E-state index contributed by atoms with van der Waals surface area (Å²) in [5.41, 5.74) is 12.2. The molecule has 0 bridgehead atoms. The van der Waals surface area contributed by atoms with Crippen molar-refractivity contribution in [1.82, 2.24) is 14.5 Å². The fourth-order valence-electron chi connectivity index (χ4n) is 4.59. The summed E-state index contributed by atoms with van der Waals surface area (Å²) in [6, 6.07) is 20.6. The number of hydrogen-bond acceptors (Lipinski definition) is 6. The topological polar surface area (TPSA) is 119 Å². The number of nitrogens with zero attached hydrogens (tertiary/aromatic N) is 4. The molecule has 198 valence electrons. The number of amides is 1. The number of aryl methyl sites for hydroxylation is 2. The third-order valence-corrected chi connectivity index (χ3v) is 6.77. The van der Waals surface area contributed by atoms with Gasteiger partial charge in [-0.05, 0) is 55.8 Å². The maximum absolute atomic E-state index is 12.1. The van der Waals surface area contributed by atoms with Gasteiger partial charge < -0.3 is 20.4 Å². The van der Waals surface area contributed by atoms with Gasteiger partial charge in [-0.3, -0.25) is 4.79 Å². The van der Waals surface area contributed by atoms with Crippen molar-refractivity contribution in [2.75, 3.05) is 11.1 Å². The molecule has 0 aliphatic rings. The van der Waals surface area contributed by atoms with E-state index in [9.17, 15) is 10.1 Å². The van der Waals surface area contributed by atoms with E-state index >= 15 is 0 Å². The van der Waals surface area contributed by atoms with E-state index in [0.29, 0.717) is 49.9 Å². The Morgan fingerprint density at radius 2 is 1.93 bits per heavy atom. The van der Waals surface area contributed by atoms with Gasteiger partial charge in [-0.15, -0.1) is 0 Å². The molecule has 0 saturated carbocycles. The molecule has 1 amide bonds. The predicted octanol–water partition coefficient (Wildman–Crippen LogP) is 7.02. The van der Waals surface area contributed by atoms with Crippen LogP contribution < -0.4 is 15.8 Å². The molecule has 0 spiro atoms. The number of fused-ring (bicyclic) bond motifs is 1. The fraction of sp³-hybridized carbons (Fsp3) is 0.0968. The number of rotatable bonds is 6. The third kappa shape index (κ3) is 4.86. The van der Waals surface area contributed by atoms with Crippen molar-refractivity contribution in [1.29, 1.82) is 5.26 Å². The van der Waals surface area contributed by atoms with Crippen molar-refractivity contribution in [3.63, 3.8) is 0 Å². The van der Waals surface area contributed by atoms with Gasteiger partial charge in [0.05, 0.1) is 27.2 Å². The van der Waals surface area contributed by atoms with Gasteiger partial charge in [0.15, 0.2) is 0 Å². The molecule has 0 radical (unpaired) electrons. The Morgan fingerprint density at radius 1 is 1.18 bits per heavy atom. The van der Waals surface area contributed by atoms with Gasteiger partial charge in [0.2, 0.25) is 5.88 Å². The fourth-order valence-corrected chi connectivity index (χ4v) is 4.86. The summed E-state index contributed by atoms with van der Waals surface area (Å²) in [4.78, 5) is 20.8. The summed E-state index contributed by atoms with van der Waals surface area (Å²) >= 11 is 6.80. The van der Waals surface area contributed by atoms with Gasteiger partial charge in [-0.1, -0.05) is 36.4 Å². The quantitative estimate of drug-likeness (QED) is 0.220. The maximum Gasteiger partial charge on any atom is 0.250 e. The van der Waals surface area contributed by atoms with E-state index in [4.69, 9.17) is 22.1 Å². The Hall–Kier alpha value is -5.13. The smallest absolute Gasteiger partial charge is 0.250 e. The average Bonchev–Trinajstić information content (AvgIpc) is 3.23. The van der Waals surface area contributed by atoms with Crippen LogP contribution in [0.1, 0.15) is 18.2 Å². The number of carbonyl (C=O) groups is 1. The van der Waals surface area contributed by atoms with Crippen LogP contribution in [0.25, 0.3) is 33.3 Å². The number of nitrogens with one attached hydrogen (secondary N) is 1. The second-order valence-electron chi connectivity index (χ2n) is 9.35. The summed E-state index contributed by atoms with van der Waals surface area (Å²) in [6.45, 7) is 7.20. The van der Waals surface area contributed by atoms with Gasteiger partial charge in [-0.25, -0.2) is 9.97 Å². The molecular formula is C31H25ClN6O2. The molecule has 40 heavy (non-hydrogen) atoms. The predicted molar refractivity (Wildman–Crippen MR) is 158 cm³/mol. The molecule has 2 aromatic carbocycles. The lowest BCUT2D eigenvalue weighted by molar-refractivity contribution is -0.112. The van der Waals surface area contributed by atoms with Crippen LogP contribution in [0.5, 0.6) is 11.6 Å². The summed E-state index contributed by atoms with van der Waals surface area (Å²) in [5.74, 6) is 1.10. The second kappa shape index (κ2) is 10.6. The van der Waals surface area contributed by atoms with E-state index in [1.54, 1.807) is 25.1 Å². The van der Waals surface area contributed by atoms with E-state index in [1.807, 2.05) is 61.0 Å². The first-order valence-corrected chi connectivity index (χ1v) is 12.7. The number of carbonyl (C=O) groups excluding carboxylic acids is 1. The normalized spacial score (nSPS) is 10.8. The summed E-state index contributed by atoms with van der Waals surface area (Å²) in [7, 11) is 1.86. The lowest BCUT2D eigenvalue weighted by atomic mass is 9.97. The monoisotopic (exact) mass is 548 g/mol. The van der Waals surface area contributed by atoms with Crippen LogP contribution in [0.3, 0.4) is 0 Å². The van der Waals surface area contributed by atoms with E-state index in [1.165, 1.54) is 6.20 Å². The standard InChI is InChI=1S/C31H25ClN6O2/c1-17(2)31(39)37-21-10-13-23(24(32)14-21)29-26(27-28(38(29)4)20(15-33)16-35-30(27)34)19-8-11-22(12-9-19)40-25-7-5-6-18(3)36-25/h5-14,16H,1H2,2-4H3,(H2,34,35)(H,37,39). The molecular weight excluding hydrogens is 524 g/mol. The molecule has 3 aromatic heterocycles. The molecule has 3 heterocycles. The lowest BCUT2D eigenvalue weighted by Crippen LogP contribution is -2.11. The van der Waals surface area contributed by atoms with Crippen molar-refractivity contribution in [3.8, 4) is 40.1 Å². The van der Waals surface area contributed by atoms with Gasteiger partial charge in [0, 0.05) is 47.4 Å². The number of nitrogens with two attached hydrogens (primary N) is 1. The van der Waals surface area contributed by atoms with Gasteiger partial charge in [-0.2, -0.15) is 5.26 Å². The molecule has 0 atom stereocenters. The number of pyridine rings is 2. The first-order chi connectivity index (χ1) is 19.2. The van der Waals surface area contributed by atoms with Crippen molar-refractivity contribution in [3.05, 3.63) is 95.3 Å². The highest BCUT2D eigenvalue weighted by Gasteiger charge is 2.24. The van der Waals surface area contributed by atoms with Crippen LogP contribution in [-0.2, 0) is 11.8 Å². The number of halogens is 1. The van der Waals surface area contributed by atoms with Crippen molar-refractivity contribution < 1.29 is 9.53 Å². The number of hydrogen-bond donors (Lipinski definition) is 2. The van der Waals surface area contributed by atoms with Crippen LogP contribution in [-0.4, -0.2) is 20.4 Å². The zero-order chi connectivity index (χ0) is 28.6. The number of nitrogen functional groups attached to an aromatic ring is 1. The Morgan fingerprint density at radius 3 is 2.58 bits per heavy atom. The van der Waals surface area contributed by atoms with Crippen LogP contribution in [0.2, 0.25) is 5.02 Å². The Balaban J connectivity index is 1.67. The van der Waals surface area contributed by atoms with E-state index < -0.39 is 0 Å². The number of nitriles is 1. The first kappa shape index (κ1) is 26.5. The number of aromatic nitrogens is 3. The zero-order valence-corrected chi connectivity index (χ0v) is 22.9. The summed E-state index contributed by atoms with van der Waals surface area (Å²) < 4.78 is 7.84. The van der Waals surface area contributed by atoms with Crippen LogP contribution in [0.4, 0.5) is 11.5 Å². The summed E-state index contributed by atoms with van der Waals surface area (Å²) in [6.07, 6.45) is 1.47. The SMILES string of the molecule is C=C(C)C(=O)Nc1ccc(-c2c(-c3ccc(Oc4cccc(C)n4)cc3)c3c(N)ncc(C#N)c3n2C)c(Cl)c1. The molecule has 0 aliphatic carbocycles. The zero-order valence-electron chi connectivity index (χ0n) is 22.1. The lowest BCUT2D eigenvalue weighted by Gasteiger charge is -2.13. The van der Waals surface area contributed by atoms with Gasteiger partial charge in [0.1, 0.15) is 17.6 Å². The minimum Gasteiger partial charge on any atom is -0.439 e. The molecule has 0 fully saturated rings. The highest BCUT2D eigenvalue weighted by Crippen LogP contribution is 2.45. The van der Waals surface area contributed by atoms with Crippen molar-refractivity contribution >= 4 is 39.9 Å². The molecule has 0 aliphatic heterocycles. The average molecular weight is 549 g/mol.